The zero-order valence-corrected chi connectivity index (χ0v) is 15.4. The minimum absolute atomic E-state index is 0.0989. The van der Waals surface area contributed by atoms with Crippen LogP contribution in [0.4, 0.5) is 4.79 Å². The van der Waals surface area contributed by atoms with E-state index in [4.69, 9.17) is 21.0 Å². The lowest BCUT2D eigenvalue weighted by molar-refractivity contribution is -0.139. The van der Waals surface area contributed by atoms with Gasteiger partial charge in [-0.2, -0.15) is 13.5 Å². The first kappa shape index (κ1) is 19.6. The molecule has 3 rings (SSSR count). The molecule has 26 heavy (non-hydrogen) atoms. The third-order valence-corrected chi connectivity index (χ3v) is 5.57. The number of amides is 3. The number of piperidine rings is 1. The Labute approximate surface area is 155 Å². The van der Waals surface area contributed by atoms with Gasteiger partial charge in [-0.15, -0.1) is 15.9 Å². The Morgan fingerprint density at radius 2 is 2.19 bits per heavy atom. The summed E-state index contributed by atoms with van der Waals surface area (Å²) in [5, 5.41) is 3.84. The van der Waals surface area contributed by atoms with E-state index in [1.165, 1.54) is 4.90 Å². The van der Waals surface area contributed by atoms with Crippen LogP contribution in [0.25, 0.3) is 0 Å². The summed E-state index contributed by atoms with van der Waals surface area (Å²) in [5.41, 5.74) is 2.35. The minimum atomic E-state index is -4.81. The van der Waals surface area contributed by atoms with Crippen molar-refractivity contribution in [1.29, 1.82) is 0 Å². The molecule has 148 valence electrons. The third-order valence-electron chi connectivity index (χ3n) is 4.79. The fourth-order valence-corrected chi connectivity index (χ4v) is 4.16. The smallest absolute Gasteiger partial charge is 0.311 e. The summed E-state index contributed by atoms with van der Waals surface area (Å²) < 4.78 is 34.8. The topological polar surface area (TPSA) is 138 Å². The molecule has 3 fully saturated rings. The molecule has 0 aliphatic carbocycles. The number of alkyl halides is 1. The Morgan fingerprint density at radius 1 is 1.42 bits per heavy atom. The monoisotopic (exact) mass is 412 g/mol. The molecule has 3 N–H and O–H groups in total. The Hall–Kier alpha value is -1.18. The highest BCUT2D eigenvalue weighted by atomic mass is 35.5. The first-order valence-corrected chi connectivity index (χ1v) is 10.2. The molecule has 3 saturated heterocycles. The average Bonchev–Trinajstić information content (AvgIpc) is 3.13. The van der Waals surface area contributed by atoms with E-state index in [0.717, 1.165) is 13.0 Å². The van der Waals surface area contributed by atoms with Crippen LogP contribution in [0, 0.1) is 5.92 Å². The summed E-state index contributed by atoms with van der Waals surface area (Å²) >= 11 is 5.81. The van der Waals surface area contributed by atoms with E-state index >= 15 is 0 Å². The number of hydrogen-bond acceptors (Lipinski definition) is 7. The second-order valence-corrected chi connectivity index (χ2v) is 7.96. The third kappa shape index (κ3) is 4.38. The van der Waals surface area contributed by atoms with Crippen molar-refractivity contribution >= 4 is 33.9 Å². The van der Waals surface area contributed by atoms with Gasteiger partial charge in [0.15, 0.2) is 0 Å². The lowest BCUT2D eigenvalue weighted by Crippen LogP contribution is -2.50. The lowest BCUT2D eigenvalue weighted by atomic mass is 10.0. The van der Waals surface area contributed by atoms with Crippen molar-refractivity contribution in [3.63, 3.8) is 0 Å². The fraction of sp³-hybridized carbons (Fsp3) is 0.846. The highest BCUT2D eigenvalue weighted by Crippen LogP contribution is 2.30. The standard InChI is InChI=1S/C13H21ClN4O7S/c14-4-8-3-9(15-5-8)7-24-16-12(19)11-2-1-10-6-17(11)13(20)18(10)25-26(21,22)23/h8-11,15H,1-7H2,(H,16,19)(H,21,22,23)/t8-,9+,10-,11+/m1/s1. The zero-order valence-electron chi connectivity index (χ0n) is 13.8. The van der Waals surface area contributed by atoms with Crippen molar-refractivity contribution in [1.82, 2.24) is 20.8 Å². The van der Waals surface area contributed by atoms with Crippen LogP contribution in [0.3, 0.4) is 0 Å². The van der Waals surface area contributed by atoms with Gasteiger partial charge in [-0.1, -0.05) is 0 Å². The summed E-state index contributed by atoms with van der Waals surface area (Å²) in [5.74, 6) is 0.461. The van der Waals surface area contributed by atoms with E-state index in [1.807, 2.05) is 0 Å². The molecular formula is C13H21ClN4O7S. The van der Waals surface area contributed by atoms with Gasteiger partial charge in [0.1, 0.15) is 6.04 Å². The summed E-state index contributed by atoms with van der Waals surface area (Å²) in [6.07, 6.45) is 1.54. The number of halogens is 1. The van der Waals surface area contributed by atoms with Crippen molar-refractivity contribution in [2.24, 2.45) is 5.92 Å². The highest BCUT2D eigenvalue weighted by molar-refractivity contribution is 7.80. The Bertz CT molecular complexity index is 663. The molecule has 0 saturated carbocycles. The van der Waals surface area contributed by atoms with Gasteiger partial charge in [0.25, 0.3) is 5.91 Å². The molecule has 3 heterocycles. The van der Waals surface area contributed by atoms with Gasteiger partial charge in [0.05, 0.1) is 12.6 Å². The van der Waals surface area contributed by atoms with Crippen LogP contribution in [-0.4, -0.2) is 78.6 Å². The predicted molar refractivity (Wildman–Crippen MR) is 88.1 cm³/mol. The van der Waals surface area contributed by atoms with Crippen molar-refractivity contribution in [3.05, 3.63) is 0 Å². The number of carbonyl (C=O) groups is 2. The summed E-state index contributed by atoms with van der Waals surface area (Å²) in [7, 11) is -4.81. The van der Waals surface area contributed by atoms with Crippen LogP contribution in [0.15, 0.2) is 0 Å². The van der Waals surface area contributed by atoms with Gasteiger partial charge >= 0.3 is 16.4 Å². The van der Waals surface area contributed by atoms with E-state index in [9.17, 15) is 18.0 Å². The molecular weight excluding hydrogens is 392 g/mol. The number of nitrogens with zero attached hydrogens (tertiary/aromatic N) is 2. The predicted octanol–water partition coefficient (Wildman–Crippen LogP) is -0.746. The van der Waals surface area contributed by atoms with Gasteiger partial charge < -0.3 is 10.2 Å². The normalized spacial score (nSPS) is 31.5. The van der Waals surface area contributed by atoms with Gasteiger partial charge in [0.2, 0.25) is 0 Å². The summed E-state index contributed by atoms with van der Waals surface area (Å²) in [6, 6.07) is -2.01. The van der Waals surface area contributed by atoms with Gasteiger partial charge in [-0.3, -0.25) is 14.2 Å². The minimum Gasteiger partial charge on any atom is -0.311 e. The van der Waals surface area contributed by atoms with E-state index in [1.54, 1.807) is 0 Å². The second kappa shape index (κ2) is 7.82. The number of carbonyl (C=O) groups excluding carboxylic acids is 2. The van der Waals surface area contributed by atoms with E-state index in [-0.39, 0.29) is 19.2 Å². The molecule has 0 aromatic rings. The SMILES string of the molecule is O=C(NOC[C@@H]1C[C@H](CCl)CN1)[C@@H]1CC[C@@H]2CN1C(=O)N2OS(=O)(=O)O. The van der Waals surface area contributed by atoms with E-state index in [0.29, 0.717) is 29.7 Å². The number of nitrogens with one attached hydrogen (secondary N) is 2. The van der Waals surface area contributed by atoms with Crippen LogP contribution in [0.1, 0.15) is 19.3 Å². The number of urea groups is 1. The molecule has 11 nitrogen and oxygen atoms in total. The first-order chi connectivity index (χ1) is 12.3. The highest BCUT2D eigenvalue weighted by Gasteiger charge is 2.49. The molecule has 3 aliphatic rings. The number of hydroxylamine groups is 3. The van der Waals surface area contributed by atoms with Crippen LogP contribution >= 0.6 is 11.6 Å². The van der Waals surface area contributed by atoms with Crippen LogP contribution < -0.4 is 10.8 Å². The average molecular weight is 413 g/mol. The van der Waals surface area contributed by atoms with Gasteiger partial charge in [-0.05, 0) is 31.7 Å². The largest absolute Gasteiger partial charge is 0.418 e. The van der Waals surface area contributed by atoms with Crippen molar-refractivity contribution in [2.75, 3.05) is 25.6 Å². The Morgan fingerprint density at radius 3 is 2.85 bits per heavy atom. The molecule has 13 heteroatoms. The van der Waals surface area contributed by atoms with Crippen LogP contribution in [0.5, 0.6) is 0 Å². The zero-order chi connectivity index (χ0) is 18.9. The maximum absolute atomic E-state index is 12.3. The Balaban J connectivity index is 1.49. The fourth-order valence-electron chi connectivity index (χ4n) is 3.53. The van der Waals surface area contributed by atoms with Crippen molar-refractivity contribution in [2.45, 2.75) is 37.4 Å². The molecule has 0 unspecified atom stereocenters. The Kier molecular flexibility index (Phi) is 5.89. The maximum Gasteiger partial charge on any atom is 0.418 e. The number of hydrogen-bond donors (Lipinski definition) is 3. The number of rotatable bonds is 7. The summed E-state index contributed by atoms with van der Waals surface area (Å²) in [4.78, 5) is 31.0. The lowest BCUT2D eigenvalue weighted by Gasteiger charge is -2.29. The summed E-state index contributed by atoms with van der Waals surface area (Å²) in [6.45, 7) is 1.22. The quantitative estimate of drug-likeness (QED) is 0.282. The second-order valence-electron chi connectivity index (χ2n) is 6.65. The molecule has 3 aliphatic heterocycles. The molecule has 2 bridgehead atoms. The van der Waals surface area contributed by atoms with Crippen molar-refractivity contribution < 1.29 is 31.7 Å². The molecule has 0 aromatic heterocycles. The van der Waals surface area contributed by atoms with Crippen LogP contribution in [-0.2, 0) is 24.3 Å². The van der Waals surface area contributed by atoms with Gasteiger partial charge in [-0.25, -0.2) is 10.3 Å². The van der Waals surface area contributed by atoms with Crippen molar-refractivity contribution in [3.8, 4) is 0 Å². The van der Waals surface area contributed by atoms with E-state index < -0.39 is 34.4 Å². The molecule has 3 amide bonds. The molecule has 0 radical (unpaired) electrons. The maximum atomic E-state index is 12.3. The molecule has 0 spiro atoms. The van der Waals surface area contributed by atoms with E-state index in [2.05, 4.69) is 15.1 Å². The molecule has 4 atom stereocenters. The first-order valence-electron chi connectivity index (χ1n) is 8.26. The van der Waals surface area contributed by atoms with Gasteiger partial charge in [0, 0.05) is 18.5 Å². The number of fused-ring (bicyclic) bond motifs is 2. The molecule has 0 aromatic carbocycles. The van der Waals surface area contributed by atoms with Crippen LogP contribution in [0.2, 0.25) is 0 Å².